The van der Waals surface area contributed by atoms with E-state index in [4.69, 9.17) is 10.5 Å². The van der Waals surface area contributed by atoms with Crippen LogP contribution in [0, 0.1) is 0 Å². The molecule has 16 heavy (non-hydrogen) atoms. The van der Waals surface area contributed by atoms with E-state index in [2.05, 4.69) is 12.1 Å². The summed E-state index contributed by atoms with van der Waals surface area (Å²) in [5.74, 6) is 0.933. The van der Waals surface area contributed by atoms with Gasteiger partial charge < -0.3 is 10.5 Å². The van der Waals surface area contributed by atoms with Gasteiger partial charge in [-0.05, 0) is 37.5 Å². The van der Waals surface area contributed by atoms with Crippen molar-refractivity contribution < 1.29 is 4.74 Å². The minimum Gasteiger partial charge on any atom is -0.494 e. The lowest BCUT2D eigenvalue weighted by Gasteiger charge is -2.24. The van der Waals surface area contributed by atoms with Crippen LogP contribution in [0.4, 0.5) is 0 Å². The van der Waals surface area contributed by atoms with Gasteiger partial charge in [0.25, 0.3) is 0 Å². The molecule has 0 spiro atoms. The molecule has 90 valence electrons. The second-order valence-corrected chi connectivity index (χ2v) is 4.32. The number of benzene rings is 1. The number of halogens is 1. The van der Waals surface area contributed by atoms with Gasteiger partial charge in [-0.1, -0.05) is 25.0 Å². The Morgan fingerprint density at radius 2 is 1.75 bits per heavy atom. The maximum atomic E-state index is 6.36. The zero-order valence-corrected chi connectivity index (χ0v) is 10.6. The Hall–Kier alpha value is -0.730. The molecule has 1 fully saturated rings. The summed E-state index contributed by atoms with van der Waals surface area (Å²) in [7, 11) is 0. The van der Waals surface area contributed by atoms with Crippen molar-refractivity contribution in [2.24, 2.45) is 5.73 Å². The Morgan fingerprint density at radius 1 is 1.19 bits per heavy atom. The summed E-state index contributed by atoms with van der Waals surface area (Å²) in [4.78, 5) is 0. The van der Waals surface area contributed by atoms with Gasteiger partial charge >= 0.3 is 0 Å². The average molecular weight is 242 g/mol. The Labute approximate surface area is 104 Å². The van der Waals surface area contributed by atoms with Crippen LogP contribution in [0.5, 0.6) is 5.75 Å². The molecule has 1 aliphatic rings. The lowest BCUT2D eigenvalue weighted by molar-refractivity contribution is 0.339. The molecule has 0 saturated heterocycles. The van der Waals surface area contributed by atoms with Crippen molar-refractivity contribution in [1.29, 1.82) is 0 Å². The fourth-order valence-corrected chi connectivity index (χ4v) is 2.34. The van der Waals surface area contributed by atoms with Gasteiger partial charge in [0, 0.05) is 5.54 Å². The molecule has 0 unspecified atom stereocenters. The largest absolute Gasteiger partial charge is 0.494 e. The molecule has 0 aromatic heterocycles. The highest BCUT2D eigenvalue weighted by molar-refractivity contribution is 5.85. The quantitative estimate of drug-likeness (QED) is 0.882. The van der Waals surface area contributed by atoms with Crippen molar-refractivity contribution in [3.63, 3.8) is 0 Å². The summed E-state index contributed by atoms with van der Waals surface area (Å²) in [6.45, 7) is 2.71. The molecular weight excluding hydrogens is 222 g/mol. The molecule has 0 amide bonds. The first-order valence-electron chi connectivity index (χ1n) is 5.77. The lowest BCUT2D eigenvalue weighted by Crippen LogP contribution is -2.32. The first kappa shape index (κ1) is 13.3. The fraction of sp³-hybridized carbons (Fsp3) is 0.538. The summed E-state index contributed by atoms with van der Waals surface area (Å²) in [5, 5.41) is 0. The fourth-order valence-electron chi connectivity index (χ4n) is 2.34. The first-order valence-corrected chi connectivity index (χ1v) is 5.77. The smallest absolute Gasteiger partial charge is 0.119 e. The standard InChI is InChI=1S/C13H19NO.ClH/c1-2-15-12-7-5-11(6-8-12)13(14)9-3-4-10-13;/h5-8H,2-4,9-10,14H2,1H3;1H. The summed E-state index contributed by atoms with van der Waals surface area (Å²) in [5.41, 5.74) is 7.54. The molecule has 2 nitrogen and oxygen atoms in total. The maximum Gasteiger partial charge on any atom is 0.119 e. The maximum absolute atomic E-state index is 6.36. The molecule has 1 aliphatic carbocycles. The van der Waals surface area contributed by atoms with Gasteiger partial charge in [-0.15, -0.1) is 12.4 Å². The highest BCUT2D eigenvalue weighted by Crippen LogP contribution is 2.36. The Kier molecular flexibility index (Phi) is 4.63. The van der Waals surface area contributed by atoms with Gasteiger partial charge in [0.15, 0.2) is 0 Å². The summed E-state index contributed by atoms with van der Waals surface area (Å²) in [6, 6.07) is 8.25. The van der Waals surface area contributed by atoms with Crippen LogP contribution in [-0.4, -0.2) is 6.61 Å². The van der Waals surface area contributed by atoms with Crippen molar-refractivity contribution in [2.45, 2.75) is 38.1 Å². The van der Waals surface area contributed by atoms with Crippen LogP contribution in [-0.2, 0) is 5.54 Å². The van der Waals surface area contributed by atoms with E-state index in [1.807, 2.05) is 19.1 Å². The van der Waals surface area contributed by atoms with E-state index >= 15 is 0 Å². The van der Waals surface area contributed by atoms with Crippen LogP contribution in [0.25, 0.3) is 0 Å². The van der Waals surface area contributed by atoms with Crippen LogP contribution in [0.1, 0.15) is 38.2 Å². The summed E-state index contributed by atoms with van der Waals surface area (Å²) < 4.78 is 5.42. The molecule has 0 bridgehead atoms. The third-order valence-electron chi connectivity index (χ3n) is 3.24. The van der Waals surface area contributed by atoms with Crippen LogP contribution in [0.15, 0.2) is 24.3 Å². The molecule has 2 rings (SSSR count). The number of rotatable bonds is 3. The minimum absolute atomic E-state index is 0. The molecule has 0 aliphatic heterocycles. The molecule has 2 N–H and O–H groups in total. The molecule has 1 aromatic rings. The van der Waals surface area contributed by atoms with E-state index < -0.39 is 0 Å². The van der Waals surface area contributed by atoms with Crippen LogP contribution in [0.2, 0.25) is 0 Å². The van der Waals surface area contributed by atoms with Crippen molar-refractivity contribution >= 4 is 12.4 Å². The van der Waals surface area contributed by atoms with E-state index in [0.717, 1.165) is 18.6 Å². The number of ether oxygens (including phenoxy) is 1. The van der Waals surface area contributed by atoms with E-state index in [1.165, 1.54) is 18.4 Å². The predicted molar refractivity (Wildman–Crippen MR) is 69.2 cm³/mol. The third kappa shape index (κ3) is 2.69. The number of hydrogen-bond acceptors (Lipinski definition) is 2. The van der Waals surface area contributed by atoms with Crippen molar-refractivity contribution in [2.75, 3.05) is 6.61 Å². The molecule has 0 heterocycles. The Bertz CT molecular complexity index is 317. The second kappa shape index (κ2) is 5.55. The third-order valence-corrected chi connectivity index (χ3v) is 3.24. The number of nitrogens with two attached hydrogens (primary N) is 1. The van der Waals surface area contributed by atoms with Crippen LogP contribution >= 0.6 is 12.4 Å². The highest BCUT2D eigenvalue weighted by atomic mass is 35.5. The molecule has 3 heteroatoms. The SMILES string of the molecule is CCOc1ccc(C2(N)CCCC2)cc1.Cl. The average Bonchev–Trinajstić information content (AvgIpc) is 2.68. The van der Waals surface area contributed by atoms with Crippen molar-refractivity contribution in [3.8, 4) is 5.75 Å². The lowest BCUT2D eigenvalue weighted by atomic mass is 9.89. The van der Waals surface area contributed by atoms with Crippen molar-refractivity contribution in [3.05, 3.63) is 29.8 Å². The van der Waals surface area contributed by atoms with E-state index in [-0.39, 0.29) is 17.9 Å². The summed E-state index contributed by atoms with van der Waals surface area (Å²) >= 11 is 0. The molecule has 0 radical (unpaired) electrons. The predicted octanol–water partition coefficient (Wildman–Crippen LogP) is 3.24. The van der Waals surface area contributed by atoms with Gasteiger partial charge in [0.2, 0.25) is 0 Å². The van der Waals surface area contributed by atoms with E-state index in [1.54, 1.807) is 0 Å². The number of hydrogen-bond donors (Lipinski definition) is 1. The molecule has 0 atom stereocenters. The zero-order valence-electron chi connectivity index (χ0n) is 9.74. The topological polar surface area (TPSA) is 35.2 Å². The van der Waals surface area contributed by atoms with Gasteiger partial charge in [-0.2, -0.15) is 0 Å². The van der Waals surface area contributed by atoms with Crippen LogP contribution in [0.3, 0.4) is 0 Å². The van der Waals surface area contributed by atoms with E-state index in [0.29, 0.717) is 6.61 Å². The van der Waals surface area contributed by atoms with Gasteiger partial charge in [0.05, 0.1) is 6.61 Å². The second-order valence-electron chi connectivity index (χ2n) is 4.32. The van der Waals surface area contributed by atoms with E-state index in [9.17, 15) is 0 Å². The van der Waals surface area contributed by atoms with Crippen molar-refractivity contribution in [1.82, 2.24) is 0 Å². The Balaban J connectivity index is 0.00000128. The van der Waals surface area contributed by atoms with Gasteiger partial charge in [-0.3, -0.25) is 0 Å². The van der Waals surface area contributed by atoms with Gasteiger partial charge in [0.1, 0.15) is 5.75 Å². The zero-order chi connectivity index (χ0) is 10.7. The molecular formula is C13H20ClNO. The van der Waals surface area contributed by atoms with Crippen LogP contribution < -0.4 is 10.5 Å². The monoisotopic (exact) mass is 241 g/mol. The molecule has 1 aromatic carbocycles. The highest BCUT2D eigenvalue weighted by Gasteiger charge is 2.30. The first-order chi connectivity index (χ1) is 7.24. The van der Waals surface area contributed by atoms with Gasteiger partial charge in [-0.25, -0.2) is 0 Å². The Morgan fingerprint density at radius 3 is 2.25 bits per heavy atom. The normalized spacial score (nSPS) is 17.9. The summed E-state index contributed by atoms with van der Waals surface area (Å²) in [6.07, 6.45) is 4.73. The minimum atomic E-state index is -0.0786. The molecule has 1 saturated carbocycles.